The van der Waals surface area contributed by atoms with Crippen LogP contribution in [0, 0.1) is 0 Å². The minimum atomic E-state index is 0.250. The second-order valence-corrected chi connectivity index (χ2v) is 4.85. The van der Waals surface area contributed by atoms with Gasteiger partial charge < -0.3 is 10.6 Å². The van der Waals surface area contributed by atoms with E-state index in [0.29, 0.717) is 13.0 Å². The second-order valence-electron chi connectivity index (χ2n) is 4.85. The van der Waals surface area contributed by atoms with Crippen LogP contribution in [-0.2, 0) is 11.2 Å². The lowest BCUT2D eigenvalue weighted by Gasteiger charge is -2.37. The van der Waals surface area contributed by atoms with Gasteiger partial charge in [-0.2, -0.15) is 0 Å². The Morgan fingerprint density at radius 2 is 2.22 bits per heavy atom. The van der Waals surface area contributed by atoms with Gasteiger partial charge in [0.2, 0.25) is 5.91 Å². The summed E-state index contributed by atoms with van der Waals surface area (Å²) in [4.78, 5) is 14.2. The summed E-state index contributed by atoms with van der Waals surface area (Å²) < 4.78 is 0. The highest BCUT2D eigenvalue weighted by Crippen LogP contribution is 2.32. The normalized spacial score (nSPS) is 18.6. The summed E-state index contributed by atoms with van der Waals surface area (Å²) in [6.45, 7) is 3.59. The number of carbonyl (C=O) groups is 1. The van der Waals surface area contributed by atoms with Crippen molar-refractivity contribution >= 4 is 5.91 Å². The molecule has 0 saturated heterocycles. The van der Waals surface area contributed by atoms with E-state index in [0.717, 1.165) is 25.8 Å². The molecule has 1 amide bonds. The first kappa shape index (κ1) is 13.1. The van der Waals surface area contributed by atoms with Crippen molar-refractivity contribution in [2.24, 2.45) is 5.73 Å². The zero-order valence-corrected chi connectivity index (χ0v) is 11.1. The van der Waals surface area contributed by atoms with Gasteiger partial charge in [0, 0.05) is 13.0 Å². The molecule has 1 aliphatic heterocycles. The molecule has 1 aliphatic rings. The van der Waals surface area contributed by atoms with Crippen LogP contribution in [0.25, 0.3) is 0 Å². The van der Waals surface area contributed by atoms with Crippen molar-refractivity contribution in [3.05, 3.63) is 35.4 Å². The van der Waals surface area contributed by atoms with Crippen molar-refractivity contribution in [1.82, 2.24) is 4.90 Å². The molecule has 0 aliphatic carbocycles. The van der Waals surface area contributed by atoms with Gasteiger partial charge in [-0.1, -0.05) is 31.2 Å². The Morgan fingerprint density at radius 1 is 1.44 bits per heavy atom. The Labute approximate surface area is 109 Å². The molecule has 98 valence electrons. The summed E-state index contributed by atoms with van der Waals surface area (Å²) in [5.41, 5.74) is 8.20. The van der Waals surface area contributed by atoms with Gasteiger partial charge >= 0.3 is 0 Å². The quantitative estimate of drug-likeness (QED) is 0.885. The van der Waals surface area contributed by atoms with Crippen LogP contribution in [0.15, 0.2) is 24.3 Å². The fraction of sp³-hybridized carbons (Fsp3) is 0.533. The van der Waals surface area contributed by atoms with Crippen molar-refractivity contribution in [3.8, 4) is 0 Å². The van der Waals surface area contributed by atoms with Crippen LogP contribution in [0.3, 0.4) is 0 Å². The lowest BCUT2D eigenvalue weighted by Crippen LogP contribution is -2.39. The monoisotopic (exact) mass is 246 g/mol. The maximum atomic E-state index is 12.2. The summed E-state index contributed by atoms with van der Waals surface area (Å²) in [7, 11) is 0. The fourth-order valence-corrected chi connectivity index (χ4v) is 2.79. The van der Waals surface area contributed by atoms with Gasteiger partial charge in [0.1, 0.15) is 0 Å². The van der Waals surface area contributed by atoms with Gasteiger partial charge in [0.05, 0.1) is 6.04 Å². The lowest BCUT2D eigenvalue weighted by molar-refractivity contribution is -0.134. The molecule has 3 nitrogen and oxygen atoms in total. The van der Waals surface area contributed by atoms with Crippen molar-refractivity contribution < 1.29 is 4.79 Å². The zero-order valence-electron chi connectivity index (χ0n) is 11.1. The Bertz CT molecular complexity index is 417. The molecule has 1 heterocycles. The lowest BCUT2D eigenvalue weighted by atomic mass is 9.91. The largest absolute Gasteiger partial charge is 0.335 e. The van der Waals surface area contributed by atoms with E-state index in [9.17, 15) is 4.79 Å². The van der Waals surface area contributed by atoms with Gasteiger partial charge in [-0.05, 0) is 36.9 Å². The van der Waals surface area contributed by atoms with Crippen LogP contribution in [0.5, 0.6) is 0 Å². The van der Waals surface area contributed by atoms with Gasteiger partial charge in [-0.25, -0.2) is 0 Å². The van der Waals surface area contributed by atoms with Gasteiger partial charge in [-0.3, -0.25) is 4.79 Å². The fourth-order valence-electron chi connectivity index (χ4n) is 2.79. The number of fused-ring (bicyclic) bond motifs is 1. The van der Waals surface area contributed by atoms with Crippen molar-refractivity contribution in [2.75, 3.05) is 13.1 Å². The third-order valence-corrected chi connectivity index (χ3v) is 3.71. The average Bonchev–Trinajstić information content (AvgIpc) is 2.43. The van der Waals surface area contributed by atoms with Crippen LogP contribution in [0.1, 0.15) is 43.4 Å². The Kier molecular flexibility index (Phi) is 4.37. The van der Waals surface area contributed by atoms with Crippen molar-refractivity contribution in [1.29, 1.82) is 0 Å². The first-order valence-corrected chi connectivity index (χ1v) is 6.85. The molecule has 1 aromatic rings. The topological polar surface area (TPSA) is 46.3 Å². The molecule has 2 rings (SSSR count). The van der Waals surface area contributed by atoms with E-state index in [-0.39, 0.29) is 11.9 Å². The molecule has 0 spiro atoms. The molecule has 0 aromatic heterocycles. The third kappa shape index (κ3) is 2.56. The first-order valence-electron chi connectivity index (χ1n) is 6.85. The third-order valence-electron chi connectivity index (χ3n) is 3.71. The standard InChI is InChI=1S/C15H22N2O/c1-2-14-13-7-4-3-6-12(13)9-11-17(14)15(18)8-5-10-16/h3-4,6-7,14H,2,5,8-11,16H2,1H3/t14-/m0/s1. The van der Waals surface area contributed by atoms with E-state index < -0.39 is 0 Å². The highest BCUT2D eigenvalue weighted by Gasteiger charge is 2.28. The zero-order chi connectivity index (χ0) is 13.0. The minimum Gasteiger partial charge on any atom is -0.335 e. The molecule has 1 atom stereocenters. The number of hydrogen-bond donors (Lipinski definition) is 1. The molecular weight excluding hydrogens is 224 g/mol. The van der Waals surface area contributed by atoms with E-state index in [1.165, 1.54) is 11.1 Å². The summed E-state index contributed by atoms with van der Waals surface area (Å²) in [5.74, 6) is 0.252. The number of benzene rings is 1. The number of carbonyl (C=O) groups excluding carboxylic acids is 1. The number of rotatable bonds is 4. The molecule has 0 saturated carbocycles. The maximum absolute atomic E-state index is 12.2. The van der Waals surface area contributed by atoms with Crippen molar-refractivity contribution in [3.63, 3.8) is 0 Å². The molecule has 3 heteroatoms. The Morgan fingerprint density at radius 3 is 2.94 bits per heavy atom. The SMILES string of the molecule is CC[C@H]1c2ccccc2CCN1C(=O)CCCN. The molecule has 0 fully saturated rings. The second kappa shape index (κ2) is 6.01. The molecule has 0 radical (unpaired) electrons. The average molecular weight is 246 g/mol. The maximum Gasteiger partial charge on any atom is 0.223 e. The van der Waals surface area contributed by atoms with E-state index in [1.807, 2.05) is 4.90 Å². The van der Waals surface area contributed by atoms with Gasteiger partial charge in [-0.15, -0.1) is 0 Å². The first-order chi connectivity index (χ1) is 8.77. The van der Waals surface area contributed by atoms with Crippen LogP contribution in [0.4, 0.5) is 0 Å². The summed E-state index contributed by atoms with van der Waals surface area (Å²) >= 11 is 0. The van der Waals surface area contributed by atoms with Crippen LogP contribution in [-0.4, -0.2) is 23.9 Å². The molecular formula is C15H22N2O. The van der Waals surface area contributed by atoms with Gasteiger partial charge in [0.25, 0.3) is 0 Å². The summed E-state index contributed by atoms with van der Waals surface area (Å²) in [5, 5.41) is 0. The molecule has 18 heavy (non-hydrogen) atoms. The summed E-state index contributed by atoms with van der Waals surface area (Å²) in [6, 6.07) is 8.73. The summed E-state index contributed by atoms with van der Waals surface area (Å²) in [6.07, 6.45) is 3.31. The molecule has 1 aromatic carbocycles. The Balaban J connectivity index is 2.17. The molecule has 0 bridgehead atoms. The highest BCUT2D eigenvalue weighted by atomic mass is 16.2. The van der Waals surface area contributed by atoms with E-state index in [4.69, 9.17) is 5.73 Å². The van der Waals surface area contributed by atoms with E-state index >= 15 is 0 Å². The van der Waals surface area contributed by atoms with E-state index in [2.05, 4.69) is 31.2 Å². The number of amides is 1. The van der Waals surface area contributed by atoms with Crippen molar-refractivity contribution in [2.45, 2.75) is 38.6 Å². The minimum absolute atomic E-state index is 0.250. The van der Waals surface area contributed by atoms with Crippen LogP contribution >= 0.6 is 0 Å². The Hall–Kier alpha value is -1.35. The van der Waals surface area contributed by atoms with Crippen LogP contribution in [0.2, 0.25) is 0 Å². The van der Waals surface area contributed by atoms with Gasteiger partial charge in [0.15, 0.2) is 0 Å². The smallest absolute Gasteiger partial charge is 0.223 e. The van der Waals surface area contributed by atoms with Crippen LogP contribution < -0.4 is 5.73 Å². The number of nitrogens with two attached hydrogens (primary N) is 1. The molecule has 0 unspecified atom stereocenters. The highest BCUT2D eigenvalue weighted by molar-refractivity contribution is 5.77. The number of nitrogens with zero attached hydrogens (tertiary/aromatic N) is 1. The molecule has 2 N–H and O–H groups in total. The number of hydrogen-bond acceptors (Lipinski definition) is 2. The predicted octanol–water partition coefficient (Wildman–Crippen LogP) is 2.26. The predicted molar refractivity (Wildman–Crippen MR) is 73.2 cm³/mol. The van der Waals surface area contributed by atoms with E-state index in [1.54, 1.807) is 0 Å².